The predicted octanol–water partition coefficient (Wildman–Crippen LogP) is 1.81. The summed E-state index contributed by atoms with van der Waals surface area (Å²) < 4.78 is 4.74. The van der Waals surface area contributed by atoms with Gasteiger partial charge in [0.05, 0.1) is 12.7 Å². The van der Waals surface area contributed by atoms with Gasteiger partial charge in [0.2, 0.25) is 5.88 Å². The van der Waals surface area contributed by atoms with Gasteiger partial charge in [0.1, 0.15) is 0 Å². The third-order valence-electron chi connectivity index (χ3n) is 1.19. The summed E-state index contributed by atoms with van der Waals surface area (Å²) in [6, 6.07) is 2.94. The quantitative estimate of drug-likeness (QED) is 0.759. The summed E-state index contributed by atoms with van der Waals surface area (Å²) in [6.07, 6.45) is 1.25. The number of carbonyl (C=O) groups is 1. The minimum Gasteiger partial charge on any atom is -0.481 e. The highest BCUT2D eigenvalue weighted by atomic mass is 16.5. The molecule has 0 saturated heterocycles. The summed E-state index contributed by atoms with van der Waals surface area (Å²) in [7, 11) is 1.47. The molecule has 1 rings (SSSR count). The first kappa shape index (κ1) is 11.4. The summed E-state index contributed by atoms with van der Waals surface area (Å²) in [6.45, 7) is 4.00. The average molecular weight is 183 g/mol. The summed E-state index contributed by atoms with van der Waals surface area (Å²) in [4.78, 5) is 14.0. The van der Waals surface area contributed by atoms with E-state index in [1.807, 2.05) is 13.8 Å². The fraction of sp³-hybridized carbons (Fsp3) is 0.333. The summed E-state index contributed by atoms with van der Waals surface area (Å²) in [5.74, 6) is -0.574. The van der Waals surface area contributed by atoms with Crippen molar-refractivity contribution in [1.29, 1.82) is 0 Å². The third kappa shape index (κ3) is 3.55. The molecule has 13 heavy (non-hydrogen) atoms. The molecule has 0 spiro atoms. The number of nitrogens with zero attached hydrogens (tertiary/aromatic N) is 1. The highest BCUT2D eigenvalue weighted by Crippen LogP contribution is 2.05. The lowest BCUT2D eigenvalue weighted by molar-refractivity contribution is 0.0696. The fourth-order valence-electron chi connectivity index (χ4n) is 0.628. The van der Waals surface area contributed by atoms with Gasteiger partial charge in [0.15, 0.2) is 0 Å². The predicted molar refractivity (Wildman–Crippen MR) is 49.1 cm³/mol. The smallest absolute Gasteiger partial charge is 0.337 e. The molecule has 1 N–H and O–H groups in total. The molecule has 0 amide bonds. The number of hydrogen-bond acceptors (Lipinski definition) is 3. The van der Waals surface area contributed by atoms with E-state index in [4.69, 9.17) is 9.84 Å². The Bertz CT molecular complexity index is 256. The molecule has 4 nitrogen and oxygen atoms in total. The molecule has 4 heteroatoms. The van der Waals surface area contributed by atoms with E-state index in [1.54, 1.807) is 0 Å². The van der Waals surface area contributed by atoms with Gasteiger partial charge in [-0.25, -0.2) is 9.78 Å². The van der Waals surface area contributed by atoms with Crippen molar-refractivity contribution < 1.29 is 14.6 Å². The summed E-state index contributed by atoms with van der Waals surface area (Å²) in [5.41, 5.74) is 0.158. The minimum absolute atomic E-state index is 0.158. The number of pyridine rings is 1. The summed E-state index contributed by atoms with van der Waals surface area (Å²) >= 11 is 0. The zero-order valence-corrected chi connectivity index (χ0v) is 7.94. The maximum absolute atomic E-state index is 10.3. The number of hydrogen-bond donors (Lipinski definition) is 1. The molecule has 0 saturated carbocycles. The molecular formula is C9H13NO3. The Hall–Kier alpha value is -1.58. The van der Waals surface area contributed by atoms with Gasteiger partial charge in [-0.1, -0.05) is 13.8 Å². The monoisotopic (exact) mass is 183 g/mol. The van der Waals surface area contributed by atoms with E-state index in [0.717, 1.165) is 0 Å². The molecule has 0 radical (unpaired) electrons. The van der Waals surface area contributed by atoms with Gasteiger partial charge >= 0.3 is 5.97 Å². The Kier molecular flexibility index (Phi) is 5.27. The van der Waals surface area contributed by atoms with Crippen molar-refractivity contribution in [3.8, 4) is 5.88 Å². The normalized spacial score (nSPS) is 8.23. The van der Waals surface area contributed by atoms with Gasteiger partial charge in [-0.05, 0) is 6.07 Å². The number of carboxylic acid groups (broad SMARTS) is 1. The molecule has 0 aliphatic carbocycles. The third-order valence-corrected chi connectivity index (χ3v) is 1.19. The first-order chi connectivity index (χ1) is 6.24. The largest absolute Gasteiger partial charge is 0.481 e. The van der Waals surface area contributed by atoms with Gasteiger partial charge in [-0.15, -0.1) is 0 Å². The van der Waals surface area contributed by atoms with Crippen LogP contribution in [0.4, 0.5) is 0 Å². The molecule has 0 aliphatic rings. The van der Waals surface area contributed by atoms with Crippen LogP contribution < -0.4 is 4.74 Å². The van der Waals surface area contributed by atoms with E-state index in [0.29, 0.717) is 5.88 Å². The van der Waals surface area contributed by atoms with Crippen LogP contribution in [-0.4, -0.2) is 23.2 Å². The number of methoxy groups -OCH3 is 1. The van der Waals surface area contributed by atoms with Crippen LogP contribution in [0.2, 0.25) is 0 Å². The minimum atomic E-state index is -0.986. The number of carboxylic acids is 1. The van der Waals surface area contributed by atoms with E-state index in [1.165, 1.54) is 25.4 Å². The van der Waals surface area contributed by atoms with Crippen molar-refractivity contribution in [2.75, 3.05) is 7.11 Å². The molecule has 0 atom stereocenters. The Morgan fingerprint density at radius 3 is 2.38 bits per heavy atom. The van der Waals surface area contributed by atoms with Crippen molar-refractivity contribution in [1.82, 2.24) is 4.98 Å². The topological polar surface area (TPSA) is 59.4 Å². The summed E-state index contributed by atoms with van der Waals surface area (Å²) in [5, 5.41) is 8.47. The van der Waals surface area contributed by atoms with Crippen LogP contribution in [0.1, 0.15) is 24.2 Å². The highest BCUT2D eigenvalue weighted by molar-refractivity contribution is 5.87. The van der Waals surface area contributed by atoms with Gasteiger partial charge < -0.3 is 9.84 Å². The van der Waals surface area contributed by atoms with E-state index in [-0.39, 0.29) is 5.56 Å². The van der Waals surface area contributed by atoms with Crippen molar-refractivity contribution >= 4 is 5.97 Å². The number of aromatic carboxylic acids is 1. The Morgan fingerprint density at radius 1 is 1.46 bits per heavy atom. The van der Waals surface area contributed by atoms with Gasteiger partial charge in [-0.2, -0.15) is 0 Å². The van der Waals surface area contributed by atoms with E-state index in [9.17, 15) is 4.79 Å². The first-order valence-electron chi connectivity index (χ1n) is 3.97. The van der Waals surface area contributed by atoms with Crippen LogP contribution in [0.3, 0.4) is 0 Å². The molecule has 0 aliphatic heterocycles. The molecule has 0 fully saturated rings. The fourth-order valence-corrected chi connectivity index (χ4v) is 0.628. The van der Waals surface area contributed by atoms with E-state index >= 15 is 0 Å². The van der Waals surface area contributed by atoms with Crippen LogP contribution in [0, 0.1) is 0 Å². The number of ether oxygens (including phenoxy) is 1. The SMILES string of the molecule is CC.COc1ccc(C(=O)O)cn1. The lowest BCUT2D eigenvalue weighted by Gasteiger charge is -1.96. The first-order valence-corrected chi connectivity index (χ1v) is 3.97. The second kappa shape index (κ2) is 5.99. The molecule has 0 unspecified atom stereocenters. The maximum Gasteiger partial charge on any atom is 0.337 e. The molecule has 72 valence electrons. The molecule has 0 aromatic carbocycles. The van der Waals surface area contributed by atoms with Gasteiger partial charge in [0, 0.05) is 12.3 Å². The van der Waals surface area contributed by atoms with Crippen LogP contribution in [0.25, 0.3) is 0 Å². The molecule has 1 aromatic rings. The highest BCUT2D eigenvalue weighted by Gasteiger charge is 2.01. The lowest BCUT2D eigenvalue weighted by atomic mass is 10.3. The van der Waals surface area contributed by atoms with E-state index < -0.39 is 5.97 Å². The van der Waals surface area contributed by atoms with Gasteiger partial charge in [-0.3, -0.25) is 0 Å². The van der Waals surface area contributed by atoms with Crippen LogP contribution in [-0.2, 0) is 0 Å². The molecule has 1 heterocycles. The van der Waals surface area contributed by atoms with E-state index in [2.05, 4.69) is 4.98 Å². The second-order valence-electron chi connectivity index (χ2n) is 1.89. The maximum atomic E-state index is 10.3. The van der Waals surface area contributed by atoms with Crippen LogP contribution in [0.5, 0.6) is 5.88 Å². The zero-order chi connectivity index (χ0) is 10.3. The Labute approximate surface area is 77.2 Å². The van der Waals surface area contributed by atoms with Crippen molar-refractivity contribution in [3.05, 3.63) is 23.9 Å². The van der Waals surface area contributed by atoms with Crippen LogP contribution in [0.15, 0.2) is 18.3 Å². The standard InChI is InChI=1S/C7H7NO3.C2H6/c1-11-6-3-2-5(4-8-6)7(9)10;1-2/h2-4H,1H3,(H,9,10);1-2H3. The van der Waals surface area contributed by atoms with Crippen molar-refractivity contribution in [2.45, 2.75) is 13.8 Å². The lowest BCUT2D eigenvalue weighted by Crippen LogP contribution is -1.97. The number of rotatable bonds is 2. The molecule has 1 aromatic heterocycles. The van der Waals surface area contributed by atoms with Crippen molar-refractivity contribution in [2.24, 2.45) is 0 Å². The molecule has 0 bridgehead atoms. The number of aromatic nitrogens is 1. The molecular weight excluding hydrogens is 170 g/mol. The average Bonchev–Trinajstić information content (AvgIpc) is 2.21. The van der Waals surface area contributed by atoms with Gasteiger partial charge in [0.25, 0.3) is 0 Å². The Balaban J connectivity index is 0.000000671. The van der Waals surface area contributed by atoms with Crippen molar-refractivity contribution in [3.63, 3.8) is 0 Å². The Morgan fingerprint density at radius 2 is 2.08 bits per heavy atom. The second-order valence-corrected chi connectivity index (χ2v) is 1.89. The van der Waals surface area contributed by atoms with Crippen LogP contribution >= 0.6 is 0 Å². The zero-order valence-electron chi connectivity index (χ0n) is 7.94.